The van der Waals surface area contributed by atoms with Crippen LogP contribution in [0.2, 0.25) is 0 Å². The minimum absolute atomic E-state index is 0. The Morgan fingerprint density at radius 2 is 0.266 bits per heavy atom. The summed E-state index contributed by atoms with van der Waals surface area (Å²) in [7, 11) is -18.3. The van der Waals surface area contributed by atoms with E-state index in [0.717, 1.165) is 0 Å². The fourth-order valence-electron chi connectivity index (χ4n) is 4.09. The number of nitrogens with zero attached hydrogens (tertiary/aromatic N) is 12. The van der Waals surface area contributed by atoms with Crippen LogP contribution >= 0.6 is 0 Å². The van der Waals surface area contributed by atoms with Crippen molar-refractivity contribution in [2.24, 2.45) is 0 Å². The van der Waals surface area contributed by atoms with E-state index in [9.17, 15) is 39.5 Å². The van der Waals surface area contributed by atoms with Crippen molar-refractivity contribution in [3.8, 4) is 0 Å². The van der Waals surface area contributed by atoms with Crippen LogP contribution in [0.15, 0.2) is 398 Å². The second-order valence-corrected chi connectivity index (χ2v) is 20.2. The van der Waals surface area contributed by atoms with Gasteiger partial charge in [-0.3, -0.25) is 59.8 Å². The summed E-state index contributed by atoms with van der Waals surface area (Å²) in [6, 6.07) is 74.4. The summed E-state index contributed by atoms with van der Waals surface area (Å²) in [4.78, 5) is 48.3. The van der Waals surface area contributed by atoms with Gasteiger partial charge >= 0.3 is 67.9 Å². The zero-order valence-electron chi connectivity index (χ0n) is 56.8. The Labute approximate surface area is 715 Å². The molecule has 0 aliphatic carbocycles. The Morgan fingerprint density at radius 3 is 0.284 bits per heavy atom. The molecule has 13 aromatic rings. The first kappa shape index (κ1) is 122. The smallest absolute Gasteiger partial charge is 1.00 e. The molecule has 0 aliphatic rings. The Hall–Kier alpha value is -8.37. The molecular weight excluding hydrogens is 1990 g/mol. The summed E-state index contributed by atoms with van der Waals surface area (Å²) in [6.45, 7) is 0. The first-order valence-corrected chi connectivity index (χ1v) is 32.1. The van der Waals surface area contributed by atoms with Crippen LogP contribution in [-0.2, 0) is 52.3 Å². The standard InChI is InChI=1S/13C5H5N.3CHF3O3S.K.4O.2U/c13*1-2-4-6-5-3-1;3*2-1(3,4)8(5,6)7;;;;;;;/h13*1-5H;3*(H,5,6,7);;;;;;;/q;;;;;;;;;;;;;;;;+1;4*-2;;/p-2. The molecule has 0 radical (unpaired) electrons. The third-order valence-corrected chi connectivity index (χ3v) is 9.96. The van der Waals surface area contributed by atoms with Gasteiger partial charge in [-0.2, -0.15) is 39.5 Å². The van der Waals surface area contributed by atoms with Crippen molar-refractivity contribution in [1.82, 2.24) is 59.8 Å². The number of alkyl halides is 9. The number of hydrogen-bond donors (Lipinski definition) is 0. The maximum atomic E-state index is 10.7. The van der Waals surface area contributed by atoms with Crippen molar-refractivity contribution in [3.05, 3.63) is 398 Å². The third kappa shape index (κ3) is 102. The van der Waals surface area contributed by atoms with Crippen LogP contribution in [-0.4, -0.2) is 115 Å². The first-order chi connectivity index (χ1) is 48.8. The van der Waals surface area contributed by atoms with Crippen LogP contribution in [0.3, 0.4) is 0 Å². The summed E-state index contributed by atoms with van der Waals surface area (Å²) >= 11 is 0. The molecule has 26 nitrogen and oxygen atoms in total. The van der Waals surface area contributed by atoms with Gasteiger partial charge in [0.2, 0.25) is 0 Å². The number of nitrogens with one attached hydrogen (secondary N) is 1. The molecule has 0 aromatic carbocycles. The summed E-state index contributed by atoms with van der Waals surface area (Å²) in [6.07, 6.45) is 45.8. The van der Waals surface area contributed by atoms with Crippen molar-refractivity contribution in [1.29, 1.82) is 0 Å². The van der Waals surface area contributed by atoms with Crippen LogP contribution in [0.4, 0.5) is 39.5 Å². The van der Waals surface area contributed by atoms with E-state index in [4.69, 9.17) is 38.9 Å². The van der Waals surface area contributed by atoms with Crippen molar-refractivity contribution < 1.29 is 219 Å². The zero-order chi connectivity index (χ0) is 76.2. The minimum atomic E-state index is -6.09. The molecule has 0 saturated heterocycles. The SMILES string of the molecule is O=S(=O)([O-])C(F)(F)F.O=S(=O)([O-])C(F)(F)F.O=S(=O)([O-])C(F)(F)F.[K+].[O-2].[O-2].[O-2].[O-2].[U].[U].c1cc[nH+]cc1.c1ccncc1.c1ccncc1.c1ccncc1.c1ccncc1.c1ccncc1.c1ccncc1.c1ccncc1.c1ccncc1.c1ccncc1.c1ccncc1.c1ccncc1.c1ccncc1. The molecule has 41 heteroatoms. The van der Waals surface area contributed by atoms with Crippen LogP contribution in [0.1, 0.15) is 0 Å². The van der Waals surface area contributed by atoms with Gasteiger partial charge in [-0.15, -0.1) is 0 Å². The summed E-state index contributed by atoms with van der Waals surface area (Å²) in [5.41, 5.74) is -16.9. The number of hydrogen-bond acceptors (Lipinski definition) is 21. The Bertz CT molecular complexity index is 2850. The van der Waals surface area contributed by atoms with E-state index in [2.05, 4.69) is 64.8 Å². The number of halogens is 9. The molecule has 0 saturated carbocycles. The van der Waals surface area contributed by atoms with Gasteiger partial charge in [0, 0.05) is 223 Å². The van der Waals surface area contributed by atoms with Crippen LogP contribution in [0.25, 0.3) is 0 Å². The number of rotatable bonds is 0. The molecule has 13 aromatic heterocycles. The van der Waals surface area contributed by atoms with Crippen LogP contribution in [0.5, 0.6) is 0 Å². The number of aromatic amines is 1. The number of H-pyrrole nitrogens is 1. The first-order valence-electron chi connectivity index (χ1n) is 27.9. The van der Waals surface area contributed by atoms with E-state index >= 15 is 0 Å². The van der Waals surface area contributed by atoms with Crippen molar-refractivity contribution in [2.45, 2.75) is 16.5 Å². The molecule has 0 spiro atoms. The van der Waals surface area contributed by atoms with E-state index in [-0.39, 0.29) is 136 Å². The summed E-state index contributed by atoms with van der Waals surface area (Å²) in [5.74, 6) is 0. The van der Waals surface area contributed by atoms with E-state index in [0.29, 0.717) is 0 Å². The van der Waals surface area contributed by atoms with Crippen LogP contribution < -0.4 is 56.4 Å². The molecule has 13 heterocycles. The van der Waals surface area contributed by atoms with Crippen molar-refractivity contribution in [3.63, 3.8) is 0 Å². The Balaban J connectivity index is -0.000000119. The number of aromatic nitrogens is 13. The van der Waals surface area contributed by atoms with Gasteiger partial charge in [-0.05, 0) is 146 Å². The minimum Gasteiger partial charge on any atom is -2.00 e. The normalized spacial score (nSPS) is 8.81. The molecule has 580 valence electrons. The summed E-state index contributed by atoms with van der Waals surface area (Å²) < 4.78 is 177. The van der Waals surface area contributed by atoms with E-state index in [1.165, 1.54) is 0 Å². The zero-order valence-corrected chi connectivity index (χ0v) is 70.7. The molecule has 0 aliphatic heterocycles. The predicted molar refractivity (Wildman–Crippen MR) is 364 cm³/mol. The second kappa shape index (κ2) is 86.9. The average Bonchev–Trinajstić information content (AvgIpc) is 0.887. The van der Waals surface area contributed by atoms with E-state index in [1.54, 1.807) is 149 Å². The van der Waals surface area contributed by atoms with Gasteiger partial charge in [0.15, 0.2) is 42.7 Å². The molecule has 109 heavy (non-hydrogen) atoms. The van der Waals surface area contributed by atoms with Gasteiger partial charge in [-0.1, -0.05) is 78.9 Å². The van der Waals surface area contributed by atoms with Crippen molar-refractivity contribution >= 4 is 30.4 Å². The fraction of sp³-hybridized carbons (Fsp3) is 0.0441. The molecule has 0 fully saturated rings. The number of pyridine rings is 13. The van der Waals surface area contributed by atoms with Crippen LogP contribution in [0, 0.1) is 62.2 Å². The molecule has 0 amide bonds. The van der Waals surface area contributed by atoms with Gasteiger partial charge in [-0.25, -0.2) is 30.2 Å². The molecule has 1 N–H and O–H groups in total. The quantitative estimate of drug-likeness (QED) is 0.0589. The van der Waals surface area contributed by atoms with E-state index < -0.39 is 46.9 Å². The largest absolute Gasteiger partial charge is 2.00 e. The van der Waals surface area contributed by atoms with Gasteiger partial charge in [0.1, 0.15) is 0 Å². The second-order valence-electron chi connectivity index (χ2n) is 16.1. The van der Waals surface area contributed by atoms with Gasteiger partial charge in [0.05, 0.1) is 0 Å². The third-order valence-electron chi connectivity index (χ3n) is 8.26. The van der Waals surface area contributed by atoms with Gasteiger partial charge in [0.25, 0.3) is 0 Å². The van der Waals surface area contributed by atoms with Crippen molar-refractivity contribution in [2.75, 3.05) is 0 Å². The molecule has 0 unspecified atom stereocenters. The Morgan fingerprint density at radius 1 is 0.193 bits per heavy atom. The Kier molecular flexibility index (Phi) is 96.9. The molecule has 13 rings (SSSR count). The van der Waals surface area contributed by atoms with Gasteiger partial charge < -0.3 is 35.6 Å². The maximum absolute atomic E-state index is 10.7. The fourth-order valence-corrected chi connectivity index (χ4v) is 4.09. The summed E-state index contributed by atoms with van der Waals surface area (Å²) in [5, 5.41) is 0. The molecular formula is C68H66F9KN13O13S3U2-9. The monoisotopic (exact) mass is 2050 g/mol. The van der Waals surface area contributed by atoms with E-state index in [1.807, 2.05) is 249 Å². The average molecular weight is 2060 g/mol. The maximum Gasteiger partial charge on any atom is 1.00 e. The predicted octanol–water partition coefficient (Wildman–Crippen LogP) is 10.2. The molecule has 0 bridgehead atoms. The molecule has 0 atom stereocenters. The topological polar surface area (TPSA) is 454 Å².